The molecular weight excluding hydrogens is 348 g/mol. The Balaban J connectivity index is 1.45. The van der Waals surface area contributed by atoms with E-state index < -0.39 is 4.92 Å². The van der Waals surface area contributed by atoms with Gasteiger partial charge in [-0.25, -0.2) is 0 Å². The molecular formula is C20H20N2O5. The summed E-state index contributed by atoms with van der Waals surface area (Å²) in [5.41, 5.74) is 1.78. The maximum Gasteiger partial charge on any atom is 0.269 e. The van der Waals surface area contributed by atoms with Crippen LogP contribution >= 0.6 is 0 Å². The molecule has 0 aromatic heterocycles. The van der Waals surface area contributed by atoms with Crippen molar-refractivity contribution in [2.24, 2.45) is 5.92 Å². The number of nitro groups is 1. The molecule has 1 aliphatic carbocycles. The number of benzene rings is 2. The number of hydrogen-bond acceptors (Lipinski definition) is 5. The quantitative estimate of drug-likeness (QED) is 0.625. The van der Waals surface area contributed by atoms with Crippen LogP contribution in [0.15, 0.2) is 42.5 Å². The molecule has 1 unspecified atom stereocenters. The normalized spacial score (nSPS) is 16.4. The molecule has 0 saturated heterocycles. The van der Waals surface area contributed by atoms with E-state index in [-0.39, 0.29) is 24.1 Å². The second kappa shape index (κ2) is 7.26. The molecule has 2 aromatic rings. The number of nitro benzene ring substituents is 1. The fraction of sp³-hybridized carbons (Fsp3) is 0.350. The number of carbonyl (C=O) groups excluding carboxylic acids is 1. The molecule has 1 fully saturated rings. The highest BCUT2D eigenvalue weighted by Crippen LogP contribution is 2.43. The molecule has 2 aliphatic rings. The predicted molar refractivity (Wildman–Crippen MR) is 97.8 cm³/mol. The molecule has 27 heavy (non-hydrogen) atoms. The summed E-state index contributed by atoms with van der Waals surface area (Å²) in [6, 6.07) is 11.8. The van der Waals surface area contributed by atoms with E-state index in [1.165, 1.54) is 12.1 Å². The maximum atomic E-state index is 12.5. The highest BCUT2D eigenvalue weighted by Gasteiger charge is 2.34. The Bertz CT molecular complexity index is 861. The minimum atomic E-state index is -0.450. The lowest BCUT2D eigenvalue weighted by molar-refractivity contribution is -0.384. The van der Waals surface area contributed by atoms with Crippen molar-refractivity contribution in [2.75, 3.05) is 13.2 Å². The van der Waals surface area contributed by atoms with E-state index in [0.29, 0.717) is 24.9 Å². The summed E-state index contributed by atoms with van der Waals surface area (Å²) in [4.78, 5) is 22.8. The first-order valence-corrected chi connectivity index (χ1v) is 9.02. The Morgan fingerprint density at radius 1 is 1.11 bits per heavy atom. The van der Waals surface area contributed by atoms with Crippen LogP contribution in [0.3, 0.4) is 0 Å². The highest BCUT2D eigenvalue weighted by molar-refractivity contribution is 5.79. The summed E-state index contributed by atoms with van der Waals surface area (Å²) >= 11 is 0. The van der Waals surface area contributed by atoms with Crippen molar-refractivity contribution in [1.82, 2.24) is 5.32 Å². The van der Waals surface area contributed by atoms with Crippen molar-refractivity contribution in [2.45, 2.75) is 25.3 Å². The molecule has 0 bridgehead atoms. The Morgan fingerprint density at radius 3 is 2.48 bits per heavy atom. The van der Waals surface area contributed by atoms with Gasteiger partial charge in [-0.1, -0.05) is 18.2 Å². The standard InChI is InChI=1S/C20H20N2O5/c23-19(11-13-1-6-16(7-2-13)22(24)25)21-20(14-3-4-14)15-5-8-17-18(12-15)27-10-9-26-17/h1-2,5-8,12,14,20H,3-4,9-11H2,(H,21,23). The van der Waals surface area contributed by atoms with Crippen molar-refractivity contribution < 1.29 is 19.2 Å². The summed E-state index contributed by atoms with van der Waals surface area (Å²) in [5.74, 6) is 1.77. The van der Waals surface area contributed by atoms with Gasteiger partial charge in [0.2, 0.25) is 5.91 Å². The predicted octanol–water partition coefficient (Wildman–Crippen LogP) is 3.18. The zero-order valence-electron chi connectivity index (χ0n) is 14.7. The number of non-ortho nitro benzene ring substituents is 1. The Hall–Kier alpha value is -3.09. The third kappa shape index (κ3) is 4.02. The van der Waals surface area contributed by atoms with Crippen LogP contribution in [0.5, 0.6) is 11.5 Å². The number of nitrogens with one attached hydrogen (secondary N) is 1. The number of carbonyl (C=O) groups is 1. The van der Waals surface area contributed by atoms with Gasteiger partial charge in [0.05, 0.1) is 17.4 Å². The average molecular weight is 368 g/mol. The van der Waals surface area contributed by atoms with Gasteiger partial charge >= 0.3 is 0 Å². The lowest BCUT2D eigenvalue weighted by Gasteiger charge is -2.23. The Morgan fingerprint density at radius 2 is 1.81 bits per heavy atom. The highest BCUT2D eigenvalue weighted by atomic mass is 16.6. The van der Waals surface area contributed by atoms with E-state index in [1.54, 1.807) is 12.1 Å². The largest absolute Gasteiger partial charge is 0.486 e. The second-order valence-corrected chi connectivity index (χ2v) is 6.89. The number of ether oxygens (including phenoxy) is 2. The molecule has 0 spiro atoms. The summed E-state index contributed by atoms with van der Waals surface area (Å²) < 4.78 is 11.2. The SMILES string of the molecule is O=C(Cc1ccc([N+](=O)[O-])cc1)NC(c1ccc2c(c1)OCCO2)C1CC1. The number of rotatable bonds is 6. The van der Waals surface area contributed by atoms with Crippen molar-refractivity contribution in [1.29, 1.82) is 0 Å². The number of hydrogen-bond donors (Lipinski definition) is 1. The topological polar surface area (TPSA) is 90.7 Å². The number of nitrogens with zero attached hydrogens (tertiary/aromatic N) is 1. The summed E-state index contributed by atoms with van der Waals surface area (Å²) in [5, 5.41) is 13.8. The van der Waals surface area contributed by atoms with Crippen LogP contribution in [0, 0.1) is 16.0 Å². The first kappa shape index (κ1) is 17.3. The monoisotopic (exact) mass is 368 g/mol. The minimum Gasteiger partial charge on any atom is -0.486 e. The Kier molecular flexibility index (Phi) is 4.66. The molecule has 4 rings (SSSR count). The van der Waals surface area contributed by atoms with E-state index in [9.17, 15) is 14.9 Å². The van der Waals surface area contributed by atoms with Gasteiger partial charge in [-0.2, -0.15) is 0 Å². The lowest BCUT2D eigenvalue weighted by atomic mass is 10.0. The number of amides is 1. The van der Waals surface area contributed by atoms with Crippen LogP contribution in [0.4, 0.5) is 5.69 Å². The van der Waals surface area contributed by atoms with Gasteiger partial charge in [-0.3, -0.25) is 14.9 Å². The van der Waals surface area contributed by atoms with Gasteiger partial charge in [0.1, 0.15) is 13.2 Å². The summed E-state index contributed by atoms with van der Waals surface area (Å²) in [6.45, 7) is 1.07. The fourth-order valence-electron chi connectivity index (χ4n) is 3.30. The molecule has 1 aliphatic heterocycles. The molecule has 140 valence electrons. The smallest absolute Gasteiger partial charge is 0.269 e. The van der Waals surface area contributed by atoms with Crippen LogP contribution in [0.2, 0.25) is 0 Å². The van der Waals surface area contributed by atoms with Gasteiger partial charge in [0, 0.05) is 12.1 Å². The van der Waals surface area contributed by atoms with Gasteiger partial charge in [0.15, 0.2) is 11.5 Å². The minimum absolute atomic E-state index is 0.0197. The molecule has 0 radical (unpaired) electrons. The summed E-state index contributed by atoms with van der Waals surface area (Å²) in [6.07, 6.45) is 2.35. The van der Waals surface area contributed by atoms with Crippen LogP contribution in [0.25, 0.3) is 0 Å². The average Bonchev–Trinajstić information content (AvgIpc) is 3.51. The molecule has 1 N–H and O–H groups in total. The van der Waals surface area contributed by atoms with E-state index in [0.717, 1.165) is 29.7 Å². The molecule has 7 heteroatoms. The van der Waals surface area contributed by atoms with Gasteiger partial charge in [0.25, 0.3) is 5.69 Å². The van der Waals surface area contributed by atoms with Crippen molar-refractivity contribution in [3.05, 3.63) is 63.7 Å². The number of fused-ring (bicyclic) bond motifs is 1. The van der Waals surface area contributed by atoms with Crippen molar-refractivity contribution >= 4 is 11.6 Å². The van der Waals surface area contributed by atoms with Gasteiger partial charge in [-0.15, -0.1) is 0 Å². The lowest BCUT2D eigenvalue weighted by Crippen LogP contribution is -2.31. The second-order valence-electron chi connectivity index (χ2n) is 6.89. The molecule has 1 amide bonds. The van der Waals surface area contributed by atoms with Crippen molar-refractivity contribution in [3.8, 4) is 11.5 Å². The van der Waals surface area contributed by atoms with Crippen LogP contribution in [0.1, 0.15) is 30.0 Å². The van der Waals surface area contributed by atoms with E-state index >= 15 is 0 Å². The van der Waals surface area contributed by atoms with Crippen LogP contribution < -0.4 is 14.8 Å². The van der Waals surface area contributed by atoms with Crippen molar-refractivity contribution in [3.63, 3.8) is 0 Å². The third-order valence-electron chi connectivity index (χ3n) is 4.85. The van der Waals surface area contributed by atoms with E-state index in [4.69, 9.17) is 9.47 Å². The molecule has 1 heterocycles. The molecule has 2 aromatic carbocycles. The first-order valence-electron chi connectivity index (χ1n) is 9.02. The Labute approximate surface area is 156 Å². The van der Waals surface area contributed by atoms with Crippen LogP contribution in [-0.2, 0) is 11.2 Å². The van der Waals surface area contributed by atoms with Gasteiger partial charge in [-0.05, 0) is 42.0 Å². The zero-order valence-corrected chi connectivity index (χ0v) is 14.7. The fourth-order valence-corrected chi connectivity index (χ4v) is 3.30. The van der Waals surface area contributed by atoms with E-state index in [1.807, 2.05) is 18.2 Å². The molecule has 1 saturated carbocycles. The van der Waals surface area contributed by atoms with E-state index in [2.05, 4.69) is 5.32 Å². The zero-order chi connectivity index (χ0) is 18.8. The van der Waals surface area contributed by atoms with Gasteiger partial charge < -0.3 is 14.8 Å². The van der Waals surface area contributed by atoms with Crippen LogP contribution in [-0.4, -0.2) is 24.0 Å². The third-order valence-corrected chi connectivity index (χ3v) is 4.85. The summed E-state index contributed by atoms with van der Waals surface area (Å²) in [7, 11) is 0. The molecule has 1 atom stereocenters. The maximum absolute atomic E-state index is 12.5. The molecule has 7 nitrogen and oxygen atoms in total. The first-order chi connectivity index (χ1) is 13.1.